The molecule has 0 aliphatic rings. The molecule has 0 fully saturated rings. The van der Waals surface area contributed by atoms with Gasteiger partial charge in [-0.3, -0.25) is 4.79 Å². The van der Waals surface area contributed by atoms with Crippen LogP contribution in [0.2, 0.25) is 5.02 Å². The van der Waals surface area contributed by atoms with Crippen molar-refractivity contribution in [2.24, 2.45) is 0 Å². The summed E-state index contributed by atoms with van der Waals surface area (Å²) in [7, 11) is 0. The topological polar surface area (TPSA) is 58.6 Å². The summed E-state index contributed by atoms with van der Waals surface area (Å²) in [6, 6.07) is 11.7. The molecule has 0 aliphatic carbocycles. The Balaban J connectivity index is 1.89. The fraction of sp³-hybridized carbons (Fsp3) is 0.133. The highest BCUT2D eigenvalue weighted by Gasteiger charge is 2.05. The average Bonchev–Trinajstić information content (AvgIpc) is 2.42. The molecule has 0 saturated heterocycles. The summed E-state index contributed by atoms with van der Waals surface area (Å²) in [5, 5.41) is 12.8. The number of anilines is 1. The lowest BCUT2D eigenvalue weighted by Crippen LogP contribution is -2.20. The van der Waals surface area contributed by atoms with Gasteiger partial charge < -0.3 is 15.2 Å². The number of carbonyl (C=O) groups is 1. The van der Waals surface area contributed by atoms with Crippen molar-refractivity contribution in [1.82, 2.24) is 0 Å². The Morgan fingerprint density at radius 2 is 1.95 bits per heavy atom. The average molecular weight is 292 g/mol. The van der Waals surface area contributed by atoms with Crippen LogP contribution in [0.25, 0.3) is 0 Å². The van der Waals surface area contributed by atoms with Gasteiger partial charge in [0.1, 0.15) is 11.5 Å². The summed E-state index contributed by atoms with van der Waals surface area (Å²) in [5.41, 5.74) is 1.28. The lowest BCUT2D eigenvalue weighted by molar-refractivity contribution is -0.118. The van der Waals surface area contributed by atoms with Gasteiger partial charge in [-0.05, 0) is 42.8 Å². The number of halogens is 1. The molecular formula is C15H14ClNO3. The van der Waals surface area contributed by atoms with Crippen LogP contribution in [-0.2, 0) is 4.79 Å². The highest BCUT2D eigenvalue weighted by Crippen LogP contribution is 2.21. The van der Waals surface area contributed by atoms with Crippen molar-refractivity contribution in [3.05, 3.63) is 53.1 Å². The molecule has 0 aromatic heterocycles. The Bertz CT molecular complexity index is 611. The maximum absolute atomic E-state index is 11.7. The maximum Gasteiger partial charge on any atom is 0.262 e. The predicted molar refractivity (Wildman–Crippen MR) is 78.4 cm³/mol. The molecule has 0 spiro atoms. The summed E-state index contributed by atoms with van der Waals surface area (Å²) in [6.07, 6.45) is 0. The third-order valence-electron chi connectivity index (χ3n) is 2.68. The van der Waals surface area contributed by atoms with E-state index in [9.17, 15) is 9.90 Å². The lowest BCUT2D eigenvalue weighted by Gasteiger charge is -2.08. The molecule has 0 saturated carbocycles. The molecule has 0 aliphatic heterocycles. The van der Waals surface area contributed by atoms with Crippen molar-refractivity contribution in [2.45, 2.75) is 6.92 Å². The van der Waals surface area contributed by atoms with Gasteiger partial charge in [-0.15, -0.1) is 0 Å². The fourth-order valence-corrected chi connectivity index (χ4v) is 1.69. The number of ether oxygens (including phenoxy) is 1. The number of nitrogens with one attached hydrogen (secondary N) is 1. The Morgan fingerprint density at radius 3 is 2.60 bits per heavy atom. The number of phenols is 1. The second kappa shape index (κ2) is 6.30. The summed E-state index contributed by atoms with van der Waals surface area (Å²) in [6.45, 7) is 1.67. The minimum Gasteiger partial charge on any atom is -0.508 e. The van der Waals surface area contributed by atoms with Crippen LogP contribution in [0.3, 0.4) is 0 Å². The second-order valence-electron chi connectivity index (χ2n) is 4.29. The number of hydrogen-bond donors (Lipinski definition) is 2. The van der Waals surface area contributed by atoms with E-state index in [0.29, 0.717) is 16.5 Å². The number of phenolic OH excluding ortho intramolecular Hbond substituents is 1. The molecule has 20 heavy (non-hydrogen) atoms. The van der Waals surface area contributed by atoms with E-state index in [1.54, 1.807) is 43.3 Å². The van der Waals surface area contributed by atoms with Crippen molar-refractivity contribution in [3.8, 4) is 11.5 Å². The molecule has 5 heteroatoms. The minimum atomic E-state index is -0.303. The molecule has 0 radical (unpaired) electrons. The van der Waals surface area contributed by atoms with E-state index >= 15 is 0 Å². The van der Waals surface area contributed by atoms with E-state index in [1.807, 2.05) is 0 Å². The Kier molecular flexibility index (Phi) is 4.48. The largest absolute Gasteiger partial charge is 0.508 e. The molecule has 0 unspecified atom stereocenters. The molecule has 1 amide bonds. The van der Waals surface area contributed by atoms with Gasteiger partial charge >= 0.3 is 0 Å². The van der Waals surface area contributed by atoms with E-state index in [0.717, 1.165) is 5.56 Å². The maximum atomic E-state index is 11.7. The quantitative estimate of drug-likeness (QED) is 0.908. The SMILES string of the molecule is Cc1ccc(NC(=O)COc2ccc(Cl)cc2)cc1O. The van der Waals surface area contributed by atoms with E-state index in [1.165, 1.54) is 6.07 Å². The summed E-state index contributed by atoms with van der Waals surface area (Å²) < 4.78 is 5.32. The first-order valence-corrected chi connectivity index (χ1v) is 6.40. The fourth-order valence-electron chi connectivity index (χ4n) is 1.56. The molecule has 2 aromatic rings. The molecule has 2 N–H and O–H groups in total. The highest BCUT2D eigenvalue weighted by atomic mass is 35.5. The smallest absolute Gasteiger partial charge is 0.262 e. The van der Waals surface area contributed by atoms with Crippen LogP contribution in [-0.4, -0.2) is 17.6 Å². The zero-order chi connectivity index (χ0) is 14.5. The van der Waals surface area contributed by atoms with E-state index in [4.69, 9.17) is 16.3 Å². The Hall–Kier alpha value is -2.20. The van der Waals surface area contributed by atoms with Gasteiger partial charge in [0.25, 0.3) is 5.91 Å². The monoisotopic (exact) mass is 291 g/mol. The van der Waals surface area contributed by atoms with Crippen LogP contribution in [0.15, 0.2) is 42.5 Å². The molecule has 0 atom stereocenters. The zero-order valence-corrected chi connectivity index (χ0v) is 11.6. The normalized spacial score (nSPS) is 10.1. The number of benzene rings is 2. The molecule has 104 valence electrons. The first-order valence-electron chi connectivity index (χ1n) is 6.02. The zero-order valence-electron chi connectivity index (χ0n) is 10.9. The summed E-state index contributed by atoms with van der Waals surface area (Å²) in [4.78, 5) is 11.7. The van der Waals surface area contributed by atoms with Gasteiger partial charge in [0.2, 0.25) is 0 Å². The first kappa shape index (κ1) is 14.2. The van der Waals surface area contributed by atoms with Crippen molar-refractivity contribution in [3.63, 3.8) is 0 Å². The van der Waals surface area contributed by atoms with E-state index < -0.39 is 0 Å². The standard InChI is InChI=1S/C15H14ClNO3/c1-10-2-5-12(8-14(10)18)17-15(19)9-20-13-6-3-11(16)4-7-13/h2-8,18H,9H2,1H3,(H,17,19). The van der Waals surface area contributed by atoms with Gasteiger partial charge in [-0.25, -0.2) is 0 Å². The van der Waals surface area contributed by atoms with Crippen LogP contribution in [0, 0.1) is 6.92 Å². The number of aryl methyl sites for hydroxylation is 1. The third-order valence-corrected chi connectivity index (χ3v) is 2.93. The van der Waals surface area contributed by atoms with E-state index in [-0.39, 0.29) is 18.3 Å². The van der Waals surface area contributed by atoms with Crippen LogP contribution in [0.4, 0.5) is 5.69 Å². The van der Waals surface area contributed by atoms with Gasteiger partial charge in [-0.1, -0.05) is 17.7 Å². The lowest BCUT2D eigenvalue weighted by atomic mass is 10.2. The summed E-state index contributed by atoms with van der Waals surface area (Å²) in [5.74, 6) is 0.404. The third kappa shape index (κ3) is 3.90. The van der Waals surface area contributed by atoms with Gasteiger partial charge in [-0.2, -0.15) is 0 Å². The molecule has 0 bridgehead atoms. The summed E-state index contributed by atoms with van der Waals surface area (Å²) >= 11 is 5.75. The van der Waals surface area contributed by atoms with Gasteiger partial charge in [0, 0.05) is 16.8 Å². The Morgan fingerprint density at radius 1 is 1.25 bits per heavy atom. The van der Waals surface area contributed by atoms with Gasteiger partial charge in [0.15, 0.2) is 6.61 Å². The molecule has 0 heterocycles. The molecular weight excluding hydrogens is 278 g/mol. The molecule has 2 aromatic carbocycles. The molecule has 2 rings (SSSR count). The second-order valence-corrected chi connectivity index (χ2v) is 4.73. The van der Waals surface area contributed by atoms with Crippen molar-refractivity contribution in [2.75, 3.05) is 11.9 Å². The van der Waals surface area contributed by atoms with Crippen molar-refractivity contribution in [1.29, 1.82) is 0 Å². The first-order chi connectivity index (χ1) is 9.54. The van der Waals surface area contributed by atoms with Crippen molar-refractivity contribution < 1.29 is 14.6 Å². The van der Waals surface area contributed by atoms with Crippen LogP contribution in [0.5, 0.6) is 11.5 Å². The minimum absolute atomic E-state index is 0.115. The highest BCUT2D eigenvalue weighted by molar-refractivity contribution is 6.30. The number of rotatable bonds is 4. The number of aromatic hydroxyl groups is 1. The van der Waals surface area contributed by atoms with Gasteiger partial charge in [0.05, 0.1) is 0 Å². The van der Waals surface area contributed by atoms with Crippen LogP contribution >= 0.6 is 11.6 Å². The Labute approximate surface area is 122 Å². The van der Waals surface area contributed by atoms with Crippen molar-refractivity contribution >= 4 is 23.2 Å². The number of hydrogen-bond acceptors (Lipinski definition) is 3. The number of carbonyl (C=O) groups excluding carboxylic acids is 1. The van der Waals surface area contributed by atoms with E-state index in [2.05, 4.69) is 5.32 Å². The van der Waals surface area contributed by atoms with Crippen LogP contribution < -0.4 is 10.1 Å². The van der Waals surface area contributed by atoms with Crippen LogP contribution in [0.1, 0.15) is 5.56 Å². The predicted octanol–water partition coefficient (Wildman–Crippen LogP) is 3.37. The molecule has 4 nitrogen and oxygen atoms in total. The number of amides is 1.